The number of benzene rings is 2. The van der Waals surface area contributed by atoms with Crippen LogP contribution in [0.5, 0.6) is 0 Å². The highest BCUT2D eigenvalue weighted by Gasteiger charge is 2.29. The smallest absolute Gasteiger partial charge is 0.306 e. The van der Waals surface area contributed by atoms with Crippen LogP contribution in [0, 0.1) is 5.92 Å². The predicted molar refractivity (Wildman–Crippen MR) is 94.8 cm³/mol. The van der Waals surface area contributed by atoms with E-state index in [2.05, 4.69) is 24.3 Å². The Hall–Kier alpha value is -2.13. The normalized spacial score (nSPS) is 14.1. The average Bonchev–Trinajstić information content (AvgIpc) is 2.92. The van der Waals surface area contributed by atoms with Gasteiger partial charge in [-0.3, -0.25) is 4.79 Å². The molecule has 1 aliphatic rings. The molecule has 0 fully saturated rings. The molecule has 0 saturated heterocycles. The summed E-state index contributed by atoms with van der Waals surface area (Å²) >= 11 is 0. The second-order valence-electron chi connectivity index (χ2n) is 6.59. The van der Waals surface area contributed by atoms with Gasteiger partial charge in [0.25, 0.3) is 0 Å². The quantitative estimate of drug-likeness (QED) is 0.779. The summed E-state index contributed by atoms with van der Waals surface area (Å²) < 4.78 is 5.59. The van der Waals surface area contributed by atoms with Crippen molar-refractivity contribution in [2.75, 3.05) is 13.2 Å². The van der Waals surface area contributed by atoms with Crippen molar-refractivity contribution in [1.29, 1.82) is 0 Å². The van der Waals surface area contributed by atoms with Crippen LogP contribution in [0.15, 0.2) is 48.5 Å². The predicted octanol–water partition coefficient (Wildman–Crippen LogP) is 4.14. The summed E-state index contributed by atoms with van der Waals surface area (Å²) in [5.74, 6) is 0.212. The fraction of sp³-hybridized carbons (Fsp3) is 0.381. The first-order chi connectivity index (χ1) is 11.7. The van der Waals surface area contributed by atoms with Gasteiger partial charge < -0.3 is 9.84 Å². The maximum absolute atomic E-state index is 12.1. The summed E-state index contributed by atoms with van der Waals surface area (Å²) in [6.45, 7) is 2.59. The molecule has 0 bridgehead atoms. The molecule has 126 valence electrons. The fourth-order valence-corrected chi connectivity index (χ4v) is 3.50. The second-order valence-corrected chi connectivity index (χ2v) is 6.59. The van der Waals surface area contributed by atoms with E-state index >= 15 is 0 Å². The van der Waals surface area contributed by atoms with Crippen molar-refractivity contribution in [3.8, 4) is 11.1 Å². The molecule has 1 aliphatic carbocycles. The van der Waals surface area contributed by atoms with Crippen LogP contribution in [-0.4, -0.2) is 24.3 Å². The maximum Gasteiger partial charge on any atom is 0.306 e. The zero-order valence-electron chi connectivity index (χ0n) is 14.1. The molecule has 0 amide bonds. The SMILES string of the molecule is C[C@@H](CCCO)CC(=O)OCC1c2ccccc2-c2ccccc21. The number of aliphatic hydroxyl groups is 1. The molecule has 0 radical (unpaired) electrons. The van der Waals surface area contributed by atoms with Crippen LogP contribution in [0.3, 0.4) is 0 Å². The van der Waals surface area contributed by atoms with Crippen molar-refractivity contribution < 1.29 is 14.6 Å². The van der Waals surface area contributed by atoms with Crippen molar-refractivity contribution in [2.45, 2.75) is 32.1 Å². The van der Waals surface area contributed by atoms with Crippen LogP contribution in [0.25, 0.3) is 11.1 Å². The maximum atomic E-state index is 12.1. The van der Waals surface area contributed by atoms with Crippen LogP contribution < -0.4 is 0 Å². The van der Waals surface area contributed by atoms with Gasteiger partial charge in [-0.1, -0.05) is 55.5 Å². The number of aliphatic hydroxyl groups excluding tert-OH is 1. The Balaban J connectivity index is 1.66. The van der Waals surface area contributed by atoms with Crippen molar-refractivity contribution in [3.63, 3.8) is 0 Å². The zero-order chi connectivity index (χ0) is 16.9. The van der Waals surface area contributed by atoms with Crippen LogP contribution in [0.4, 0.5) is 0 Å². The minimum absolute atomic E-state index is 0.120. The molecule has 3 nitrogen and oxygen atoms in total. The molecule has 0 aromatic heterocycles. The van der Waals surface area contributed by atoms with Gasteiger partial charge >= 0.3 is 5.97 Å². The number of hydrogen-bond donors (Lipinski definition) is 1. The molecule has 2 aromatic rings. The number of carbonyl (C=O) groups excluding carboxylic acids is 1. The first kappa shape index (κ1) is 16.7. The number of carbonyl (C=O) groups is 1. The van der Waals surface area contributed by atoms with E-state index in [1.807, 2.05) is 31.2 Å². The highest BCUT2D eigenvalue weighted by atomic mass is 16.5. The lowest BCUT2D eigenvalue weighted by atomic mass is 9.98. The zero-order valence-corrected chi connectivity index (χ0v) is 14.1. The number of hydrogen-bond acceptors (Lipinski definition) is 3. The van der Waals surface area contributed by atoms with Crippen LogP contribution >= 0.6 is 0 Å². The van der Waals surface area contributed by atoms with E-state index < -0.39 is 0 Å². The first-order valence-corrected chi connectivity index (χ1v) is 8.65. The van der Waals surface area contributed by atoms with Crippen molar-refractivity contribution in [1.82, 2.24) is 0 Å². The van der Waals surface area contributed by atoms with Gasteiger partial charge in [0.15, 0.2) is 0 Å². The molecule has 3 heteroatoms. The Morgan fingerprint density at radius 1 is 1.08 bits per heavy atom. The summed E-state index contributed by atoms with van der Waals surface area (Å²) in [6.07, 6.45) is 1.99. The summed E-state index contributed by atoms with van der Waals surface area (Å²) in [5, 5.41) is 8.87. The van der Waals surface area contributed by atoms with Gasteiger partial charge in [0, 0.05) is 18.9 Å². The van der Waals surface area contributed by atoms with Gasteiger partial charge in [0.1, 0.15) is 6.61 Å². The van der Waals surface area contributed by atoms with E-state index in [1.54, 1.807) is 0 Å². The molecule has 3 rings (SSSR count). The van der Waals surface area contributed by atoms with Gasteiger partial charge in [-0.2, -0.15) is 0 Å². The van der Waals surface area contributed by atoms with E-state index in [1.165, 1.54) is 22.3 Å². The molecule has 0 aliphatic heterocycles. The van der Waals surface area contributed by atoms with Crippen LogP contribution in [0.1, 0.15) is 43.2 Å². The molecular formula is C21H24O3. The molecule has 0 unspecified atom stereocenters. The molecular weight excluding hydrogens is 300 g/mol. The standard InChI is InChI=1S/C21H24O3/c1-15(7-6-12-22)13-21(23)24-14-20-18-10-4-2-8-16(18)17-9-3-5-11-19(17)20/h2-5,8-11,15,20,22H,6-7,12-14H2,1H3/t15-/m0/s1. The third-order valence-corrected chi connectivity index (χ3v) is 4.74. The Bertz CT molecular complexity index is 662. The lowest BCUT2D eigenvalue weighted by Gasteiger charge is -2.15. The summed E-state index contributed by atoms with van der Waals surface area (Å²) in [5.41, 5.74) is 4.95. The number of rotatable bonds is 7. The van der Waals surface area contributed by atoms with Crippen LogP contribution in [0.2, 0.25) is 0 Å². The van der Waals surface area contributed by atoms with Crippen molar-refractivity contribution in [2.24, 2.45) is 5.92 Å². The molecule has 24 heavy (non-hydrogen) atoms. The van der Waals surface area contributed by atoms with Crippen LogP contribution in [-0.2, 0) is 9.53 Å². The molecule has 0 heterocycles. The topological polar surface area (TPSA) is 46.5 Å². The molecule has 1 atom stereocenters. The molecule has 0 spiro atoms. The second kappa shape index (κ2) is 7.63. The summed E-state index contributed by atoms with van der Waals surface area (Å²) in [4.78, 5) is 12.1. The molecule has 2 aromatic carbocycles. The Kier molecular flexibility index (Phi) is 5.31. The summed E-state index contributed by atoms with van der Waals surface area (Å²) in [7, 11) is 0. The Labute approximate surface area is 143 Å². The van der Waals surface area contributed by atoms with Gasteiger partial charge in [-0.25, -0.2) is 0 Å². The molecule has 1 N–H and O–H groups in total. The minimum atomic E-state index is -0.151. The number of ether oxygens (including phenoxy) is 1. The number of fused-ring (bicyclic) bond motifs is 3. The van der Waals surface area contributed by atoms with Crippen molar-refractivity contribution in [3.05, 3.63) is 59.7 Å². The first-order valence-electron chi connectivity index (χ1n) is 8.65. The highest BCUT2D eigenvalue weighted by molar-refractivity contribution is 5.79. The summed E-state index contributed by atoms with van der Waals surface area (Å²) in [6, 6.07) is 16.7. The van der Waals surface area contributed by atoms with Gasteiger partial charge in [-0.05, 0) is 41.0 Å². The van der Waals surface area contributed by atoms with E-state index in [4.69, 9.17) is 9.84 Å². The lowest BCUT2D eigenvalue weighted by molar-refractivity contribution is -0.145. The van der Waals surface area contributed by atoms with E-state index in [0.717, 1.165) is 12.8 Å². The largest absolute Gasteiger partial charge is 0.465 e. The number of esters is 1. The van der Waals surface area contributed by atoms with Crippen molar-refractivity contribution >= 4 is 5.97 Å². The van der Waals surface area contributed by atoms with Gasteiger partial charge in [0.05, 0.1) is 0 Å². The van der Waals surface area contributed by atoms with Gasteiger partial charge in [0.2, 0.25) is 0 Å². The third-order valence-electron chi connectivity index (χ3n) is 4.74. The van der Waals surface area contributed by atoms with E-state index in [-0.39, 0.29) is 24.4 Å². The average molecular weight is 324 g/mol. The van der Waals surface area contributed by atoms with Gasteiger partial charge in [-0.15, -0.1) is 0 Å². The highest BCUT2D eigenvalue weighted by Crippen LogP contribution is 2.44. The Morgan fingerprint density at radius 3 is 2.25 bits per heavy atom. The monoisotopic (exact) mass is 324 g/mol. The lowest BCUT2D eigenvalue weighted by Crippen LogP contribution is -2.15. The van der Waals surface area contributed by atoms with E-state index in [0.29, 0.717) is 13.0 Å². The Morgan fingerprint density at radius 2 is 1.67 bits per heavy atom. The molecule has 0 saturated carbocycles. The third kappa shape index (κ3) is 3.51. The minimum Gasteiger partial charge on any atom is -0.465 e. The fourth-order valence-electron chi connectivity index (χ4n) is 3.50. The van der Waals surface area contributed by atoms with E-state index in [9.17, 15) is 4.79 Å².